The molecule has 7 heteroatoms. The molecule has 2 heterocycles. The Balaban J connectivity index is 2.12. The predicted octanol–water partition coefficient (Wildman–Crippen LogP) is 2.97. The number of nitrogens with zero attached hydrogens (tertiary/aromatic N) is 4. The van der Waals surface area contributed by atoms with Crippen molar-refractivity contribution in [3.8, 4) is 0 Å². The van der Waals surface area contributed by atoms with E-state index in [4.69, 9.17) is 4.74 Å². The van der Waals surface area contributed by atoms with E-state index in [2.05, 4.69) is 17.1 Å². The molecule has 0 aliphatic heterocycles. The number of thioether (sulfide) groups is 1. The van der Waals surface area contributed by atoms with Crippen molar-refractivity contribution in [2.45, 2.75) is 38.4 Å². The van der Waals surface area contributed by atoms with Crippen LogP contribution in [0.25, 0.3) is 16.7 Å². The Morgan fingerprint density at radius 3 is 2.83 bits per heavy atom. The molecule has 0 unspecified atom stereocenters. The molecule has 3 aromatic rings. The van der Waals surface area contributed by atoms with Gasteiger partial charge in [0.2, 0.25) is 5.78 Å². The van der Waals surface area contributed by atoms with E-state index in [1.807, 2.05) is 35.6 Å². The number of ether oxygens (including phenoxy) is 1. The Bertz CT molecular complexity index is 887. The summed E-state index contributed by atoms with van der Waals surface area (Å²) in [6, 6.07) is 7.65. The first-order chi connectivity index (χ1) is 11.8. The molecule has 0 N–H and O–H groups in total. The van der Waals surface area contributed by atoms with Crippen LogP contribution in [-0.4, -0.2) is 38.1 Å². The van der Waals surface area contributed by atoms with Crippen molar-refractivity contribution in [2.24, 2.45) is 0 Å². The molecule has 0 radical (unpaired) electrons. The van der Waals surface area contributed by atoms with Crippen LogP contribution in [0.2, 0.25) is 0 Å². The number of unbranched alkanes of at least 4 members (excludes halogenated alkanes) is 1. The molecule has 2 aromatic heterocycles. The van der Waals surface area contributed by atoms with E-state index >= 15 is 0 Å². The highest BCUT2D eigenvalue weighted by molar-refractivity contribution is 7.99. The van der Waals surface area contributed by atoms with Crippen molar-refractivity contribution < 1.29 is 4.74 Å². The monoisotopic (exact) mass is 346 g/mol. The Hall–Kier alpha value is -1.86. The standard InChI is InChI=1S/C17H22N4O2S/c1-3-5-10-20-15(22)13-8-6-7-9-14(13)21-16(20)18-19-17(21)24-12-11-23-4-2/h6-9H,3-5,10-12H2,1-2H3. The molecule has 1 aromatic carbocycles. The van der Waals surface area contributed by atoms with Crippen molar-refractivity contribution in [1.82, 2.24) is 19.2 Å². The van der Waals surface area contributed by atoms with Gasteiger partial charge in [-0.15, -0.1) is 10.2 Å². The molecular weight excluding hydrogens is 324 g/mol. The van der Waals surface area contributed by atoms with Crippen LogP contribution < -0.4 is 5.56 Å². The number of hydrogen-bond acceptors (Lipinski definition) is 5. The van der Waals surface area contributed by atoms with Crippen LogP contribution >= 0.6 is 11.8 Å². The second-order valence-electron chi connectivity index (χ2n) is 5.49. The van der Waals surface area contributed by atoms with Crippen molar-refractivity contribution in [1.29, 1.82) is 0 Å². The number of aromatic nitrogens is 4. The summed E-state index contributed by atoms with van der Waals surface area (Å²) in [5.41, 5.74) is 0.860. The topological polar surface area (TPSA) is 61.4 Å². The van der Waals surface area contributed by atoms with Crippen molar-refractivity contribution in [2.75, 3.05) is 19.0 Å². The quantitative estimate of drug-likeness (QED) is 0.463. The van der Waals surface area contributed by atoms with Gasteiger partial charge in [0.25, 0.3) is 5.56 Å². The van der Waals surface area contributed by atoms with Crippen molar-refractivity contribution in [3.63, 3.8) is 0 Å². The van der Waals surface area contributed by atoms with Gasteiger partial charge in [0, 0.05) is 18.9 Å². The van der Waals surface area contributed by atoms with Crippen LogP contribution in [0.3, 0.4) is 0 Å². The van der Waals surface area contributed by atoms with Crippen LogP contribution in [0.4, 0.5) is 0 Å². The normalized spacial score (nSPS) is 11.6. The molecule has 0 bridgehead atoms. The molecule has 0 amide bonds. The Labute approximate surface area is 144 Å². The van der Waals surface area contributed by atoms with Gasteiger partial charge in [-0.2, -0.15) is 0 Å². The number of para-hydroxylation sites is 1. The highest BCUT2D eigenvalue weighted by Crippen LogP contribution is 2.21. The van der Waals surface area contributed by atoms with Gasteiger partial charge in [-0.25, -0.2) is 0 Å². The van der Waals surface area contributed by atoms with Gasteiger partial charge in [-0.05, 0) is 25.5 Å². The van der Waals surface area contributed by atoms with E-state index in [0.29, 0.717) is 30.9 Å². The van der Waals surface area contributed by atoms with Crippen LogP contribution in [0.5, 0.6) is 0 Å². The van der Waals surface area contributed by atoms with Gasteiger partial charge >= 0.3 is 0 Å². The maximum atomic E-state index is 12.8. The molecule has 0 aliphatic carbocycles. The summed E-state index contributed by atoms with van der Waals surface area (Å²) in [7, 11) is 0. The lowest BCUT2D eigenvalue weighted by Crippen LogP contribution is -2.23. The Morgan fingerprint density at radius 2 is 2.04 bits per heavy atom. The largest absolute Gasteiger partial charge is 0.381 e. The fourth-order valence-corrected chi connectivity index (χ4v) is 3.47. The third-order valence-corrected chi connectivity index (χ3v) is 4.77. The van der Waals surface area contributed by atoms with Crippen LogP contribution in [-0.2, 0) is 11.3 Å². The van der Waals surface area contributed by atoms with E-state index in [1.54, 1.807) is 16.3 Å². The maximum absolute atomic E-state index is 12.8. The molecular formula is C17H22N4O2S. The maximum Gasteiger partial charge on any atom is 0.262 e. The fraction of sp³-hybridized carbons (Fsp3) is 0.471. The van der Waals surface area contributed by atoms with E-state index in [1.165, 1.54) is 0 Å². The first kappa shape index (κ1) is 17.0. The van der Waals surface area contributed by atoms with E-state index in [0.717, 1.165) is 29.3 Å². The number of fused-ring (bicyclic) bond motifs is 3. The fourth-order valence-electron chi connectivity index (χ4n) is 2.68. The van der Waals surface area contributed by atoms with Gasteiger partial charge in [0.05, 0.1) is 17.5 Å². The summed E-state index contributed by atoms with van der Waals surface area (Å²) >= 11 is 1.60. The zero-order valence-corrected chi connectivity index (χ0v) is 14.9. The zero-order valence-electron chi connectivity index (χ0n) is 14.1. The van der Waals surface area contributed by atoms with E-state index < -0.39 is 0 Å². The van der Waals surface area contributed by atoms with Crippen molar-refractivity contribution >= 4 is 28.4 Å². The summed E-state index contributed by atoms with van der Waals surface area (Å²) in [6.45, 7) is 6.13. The summed E-state index contributed by atoms with van der Waals surface area (Å²) in [4.78, 5) is 12.8. The highest BCUT2D eigenvalue weighted by Gasteiger charge is 2.16. The molecule has 6 nitrogen and oxygen atoms in total. The SMILES string of the molecule is CCCCn1c(=O)c2ccccc2n2c(SCCOCC)nnc12. The summed E-state index contributed by atoms with van der Waals surface area (Å²) in [5.74, 6) is 1.42. The van der Waals surface area contributed by atoms with Crippen LogP contribution in [0.1, 0.15) is 26.7 Å². The number of hydrogen-bond donors (Lipinski definition) is 0. The number of benzene rings is 1. The molecule has 0 atom stereocenters. The van der Waals surface area contributed by atoms with Gasteiger partial charge in [-0.1, -0.05) is 37.2 Å². The average molecular weight is 346 g/mol. The second-order valence-corrected chi connectivity index (χ2v) is 6.55. The predicted molar refractivity (Wildman–Crippen MR) is 96.9 cm³/mol. The van der Waals surface area contributed by atoms with Gasteiger partial charge in [-0.3, -0.25) is 13.8 Å². The zero-order chi connectivity index (χ0) is 16.9. The van der Waals surface area contributed by atoms with Gasteiger partial charge in [0.15, 0.2) is 5.16 Å². The molecule has 3 rings (SSSR count). The molecule has 0 fully saturated rings. The average Bonchev–Trinajstić information content (AvgIpc) is 3.03. The minimum atomic E-state index is 0.00446. The first-order valence-electron chi connectivity index (χ1n) is 8.35. The van der Waals surface area contributed by atoms with E-state index in [-0.39, 0.29) is 5.56 Å². The third-order valence-electron chi connectivity index (χ3n) is 3.88. The summed E-state index contributed by atoms with van der Waals surface area (Å²) in [6.07, 6.45) is 1.96. The van der Waals surface area contributed by atoms with Crippen LogP contribution in [0, 0.1) is 0 Å². The minimum absolute atomic E-state index is 0.00446. The number of rotatable bonds is 8. The lowest BCUT2D eigenvalue weighted by Gasteiger charge is -2.10. The molecule has 0 saturated heterocycles. The van der Waals surface area contributed by atoms with Gasteiger partial charge in [0.1, 0.15) is 0 Å². The third kappa shape index (κ3) is 3.18. The Kier molecular flexibility index (Phi) is 5.52. The second kappa shape index (κ2) is 7.81. The number of aryl methyl sites for hydroxylation is 1. The molecule has 128 valence electrons. The lowest BCUT2D eigenvalue weighted by atomic mass is 10.2. The van der Waals surface area contributed by atoms with Crippen LogP contribution in [0.15, 0.2) is 34.2 Å². The lowest BCUT2D eigenvalue weighted by molar-refractivity contribution is 0.164. The summed E-state index contributed by atoms with van der Waals surface area (Å²) in [5, 5.41) is 10.1. The highest BCUT2D eigenvalue weighted by atomic mass is 32.2. The van der Waals surface area contributed by atoms with E-state index in [9.17, 15) is 4.79 Å². The molecule has 0 saturated carbocycles. The molecule has 24 heavy (non-hydrogen) atoms. The molecule has 0 spiro atoms. The smallest absolute Gasteiger partial charge is 0.262 e. The molecule has 0 aliphatic rings. The Morgan fingerprint density at radius 1 is 1.21 bits per heavy atom. The van der Waals surface area contributed by atoms with Gasteiger partial charge < -0.3 is 4.74 Å². The summed E-state index contributed by atoms with van der Waals surface area (Å²) < 4.78 is 9.12. The minimum Gasteiger partial charge on any atom is -0.381 e. The first-order valence-corrected chi connectivity index (χ1v) is 9.33. The van der Waals surface area contributed by atoms with Crippen molar-refractivity contribution in [3.05, 3.63) is 34.6 Å².